The molecule has 3 heteroatoms. The number of rotatable bonds is 2. The van der Waals surface area contributed by atoms with Gasteiger partial charge in [0.15, 0.2) is 0 Å². The lowest BCUT2D eigenvalue weighted by Gasteiger charge is -2.35. The monoisotopic (exact) mass is 257 g/mol. The molecular weight excluding hydrogens is 234 g/mol. The Morgan fingerprint density at radius 3 is 2.84 bits per heavy atom. The van der Waals surface area contributed by atoms with Crippen LogP contribution in [0.25, 0.3) is 11.0 Å². The summed E-state index contributed by atoms with van der Waals surface area (Å²) in [5.41, 5.74) is 3.62. The fourth-order valence-corrected chi connectivity index (χ4v) is 3.14. The lowest BCUT2D eigenvalue weighted by molar-refractivity contribution is 0.243. The summed E-state index contributed by atoms with van der Waals surface area (Å²) in [5, 5.41) is 3.51. The van der Waals surface area contributed by atoms with E-state index in [2.05, 4.69) is 49.3 Å². The molecule has 3 nitrogen and oxygen atoms in total. The highest BCUT2D eigenvalue weighted by Gasteiger charge is 2.34. The molecule has 0 amide bonds. The van der Waals surface area contributed by atoms with Crippen LogP contribution in [0, 0.1) is 12.8 Å². The van der Waals surface area contributed by atoms with Gasteiger partial charge < -0.3 is 10.3 Å². The van der Waals surface area contributed by atoms with Gasteiger partial charge in [-0.05, 0) is 50.4 Å². The van der Waals surface area contributed by atoms with E-state index < -0.39 is 0 Å². The fourth-order valence-electron chi connectivity index (χ4n) is 3.14. The first-order valence-corrected chi connectivity index (χ1v) is 7.25. The van der Waals surface area contributed by atoms with Gasteiger partial charge in [0, 0.05) is 5.41 Å². The number of hydrogen-bond acceptors (Lipinski definition) is 2. The molecule has 1 saturated heterocycles. The zero-order valence-electron chi connectivity index (χ0n) is 12.1. The van der Waals surface area contributed by atoms with E-state index in [1.54, 1.807) is 0 Å². The van der Waals surface area contributed by atoms with Gasteiger partial charge in [0.25, 0.3) is 0 Å². The topological polar surface area (TPSA) is 40.7 Å². The quantitative estimate of drug-likeness (QED) is 0.867. The summed E-state index contributed by atoms with van der Waals surface area (Å²) in [6, 6.07) is 6.34. The first-order chi connectivity index (χ1) is 9.09. The second-order valence-electron chi connectivity index (χ2n) is 6.32. The minimum absolute atomic E-state index is 0.0961. The lowest BCUT2D eigenvalue weighted by atomic mass is 9.74. The molecule has 1 aliphatic rings. The number of hydrogen-bond donors (Lipinski definition) is 2. The summed E-state index contributed by atoms with van der Waals surface area (Å²) in [6.45, 7) is 9.02. The molecule has 2 aromatic rings. The molecule has 2 heterocycles. The number of H-pyrrole nitrogens is 1. The van der Waals surface area contributed by atoms with E-state index in [9.17, 15) is 0 Å². The minimum atomic E-state index is 0.0961. The molecule has 1 aliphatic heterocycles. The lowest BCUT2D eigenvalue weighted by Crippen LogP contribution is -2.41. The third kappa shape index (κ3) is 2.16. The zero-order valence-corrected chi connectivity index (χ0v) is 12.1. The Balaban J connectivity index is 2.00. The van der Waals surface area contributed by atoms with Gasteiger partial charge in [-0.3, -0.25) is 0 Å². The number of aromatic amines is 1. The molecule has 0 aliphatic carbocycles. The molecule has 0 spiro atoms. The van der Waals surface area contributed by atoms with Crippen LogP contribution >= 0.6 is 0 Å². The number of aromatic nitrogens is 2. The molecule has 1 aromatic carbocycles. The molecule has 0 bridgehead atoms. The van der Waals surface area contributed by atoms with E-state index in [0.29, 0.717) is 5.92 Å². The summed E-state index contributed by atoms with van der Waals surface area (Å²) in [7, 11) is 0. The van der Waals surface area contributed by atoms with Crippen LogP contribution in [0.2, 0.25) is 0 Å². The molecule has 1 aromatic heterocycles. The van der Waals surface area contributed by atoms with E-state index in [1.807, 2.05) is 0 Å². The number of fused-ring (bicyclic) bond motifs is 1. The van der Waals surface area contributed by atoms with Gasteiger partial charge in [-0.25, -0.2) is 4.98 Å². The van der Waals surface area contributed by atoms with Crippen LogP contribution in [0.4, 0.5) is 0 Å². The van der Waals surface area contributed by atoms with Gasteiger partial charge >= 0.3 is 0 Å². The van der Waals surface area contributed by atoms with Crippen LogP contribution in [0.1, 0.15) is 38.1 Å². The number of nitrogens with one attached hydrogen (secondary N) is 2. The zero-order chi connectivity index (χ0) is 13.5. The van der Waals surface area contributed by atoms with Crippen LogP contribution in [-0.2, 0) is 5.41 Å². The predicted molar refractivity (Wildman–Crippen MR) is 79.5 cm³/mol. The standard InChI is InChI=1S/C16H23N3/c1-11-6-4-8-13-14(11)19-15(18-13)16(2,3)12-7-5-9-17-10-12/h4,6,8,12,17H,5,7,9-10H2,1-3H3,(H,18,19). The predicted octanol–water partition coefficient (Wildman–Crippen LogP) is 3.15. The van der Waals surface area contributed by atoms with Gasteiger partial charge in [0.2, 0.25) is 0 Å². The van der Waals surface area contributed by atoms with Crippen molar-refractivity contribution in [3.05, 3.63) is 29.6 Å². The van der Waals surface area contributed by atoms with E-state index in [0.717, 1.165) is 29.9 Å². The van der Waals surface area contributed by atoms with Crippen molar-refractivity contribution in [2.24, 2.45) is 5.92 Å². The minimum Gasteiger partial charge on any atom is -0.342 e. The smallest absolute Gasteiger partial charge is 0.113 e. The van der Waals surface area contributed by atoms with Gasteiger partial charge in [0.1, 0.15) is 5.82 Å². The van der Waals surface area contributed by atoms with Crippen LogP contribution in [0.3, 0.4) is 0 Å². The second kappa shape index (κ2) is 4.64. The van der Waals surface area contributed by atoms with E-state index in [1.165, 1.54) is 18.4 Å². The van der Waals surface area contributed by atoms with Crippen molar-refractivity contribution in [3.63, 3.8) is 0 Å². The largest absolute Gasteiger partial charge is 0.342 e. The molecular formula is C16H23N3. The third-order valence-corrected chi connectivity index (χ3v) is 4.64. The Bertz CT molecular complexity index is 577. The van der Waals surface area contributed by atoms with Crippen molar-refractivity contribution in [2.75, 3.05) is 13.1 Å². The summed E-state index contributed by atoms with van der Waals surface area (Å²) < 4.78 is 0. The molecule has 1 atom stereocenters. The highest BCUT2D eigenvalue weighted by molar-refractivity contribution is 5.78. The van der Waals surface area contributed by atoms with Crippen molar-refractivity contribution >= 4 is 11.0 Å². The average Bonchev–Trinajstić information content (AvgIpc) is 2.86. The van der Waals surface area contributed by atoms with Crippen molar-refractivity contribution in [3.8, 4) is 0 Å². The number of aryl methyl sites for hydroxylation is 1. The van der Waals surface area contributed by atoms with Gasteiger partial charge in [-0.2, -0.15) is 0 Å². The summed E-state index contributed by atoms with van der Waals surface area (Å²) >= 11 is 0. The number of para-hydroxylation sites is 1. The number of imidazole rings is 1. The number of piperidine rings is 1. The molecule has 3 rings (SSSR count). The molecule has 19 heavy (non-hydrogen) atoms. The highest BCUT2D eigenvalue weighted by atomic mass is 15.0. The number of nitrogens with zero attached hydrogens (tertiary/aromatic N) is 1. The Labute approximate surface area is 114 Å². The van der Waals surface area contributed by atoms with Crippen LogP contribution < -0.4 is 5.32 Å². The van der Waals surface area contributed by atoms with E-state index >= 15 is 0 Å². The van der Waals surface area contributed by atoms with Gasteiger partial charge in [0.05, 0.1) is 11.0 Å². The molecule has 1 unspecified atom stereocenters. The Morgan fingerprint density at radius 1 is 1.32 bits per heavy atom. The molecule has 0 radical (unpaired) electrons. The average molecular weight is 257 g/mol. The first-order valence-electron chi connectivity index (χ1n) is 7.25. The van der Waals surface area contributed by atoms with Crippen LogP contribution in [0.5, 0.6) is 0 Å². The molecule has 1 fully saturated rings. The molecule has 102 valence electrons. The summed E-state index contributed by atoms with van der Waals surface area (Å²) in [6.07, 6.45) is 2.56. The highest BCUT2D eigenvalue weighted by Crippen LogP contribution is 2.35. The van der Waals surface area contributed by atoms with Crippen molar-refractivity contribution in [1.82, 2.24) is 15.3 Å². The second-order valence-corrected chi connectivity index (χ2v) is 6.32. The molecule has 2 N–H and O–H groups in total. The van der Waals surface area contributed by atoms with Crippen LogP contribution in [0.15, 0.2) is 18.2 Å². The van der Waals surface area contributed by atoms with Gasteiger partial charge in [-0.1, -0.05) is 26.0 Å². The fraction of sp³-hybridized carbons (Fsp3) is 0.562. The maximum atomic E-state index is 4.88. The van der Waals surface area contributed by atoms with Crippen LogP contribution in [-0.4, -0.2) is 23.1 Å². The first kappa shape index (κ1) is 12.7. The maximum Gasteiger partial charge on any atom is 0.113 e. The van der Waals surface area contributed by atoms with Crippen molar-refractivity contribution < 1.29 is 0 Å². The summed E-state index contributed by atoms with van der Waals surface area (Å²) in [5.74, 6) is 1.78. The van der Waals surface area contributed by atoms with Gasteiger partial charge in [-0.15, -0.1) is 0 Å². The van der Waals surface area contributed by atoms with Crippen molar-refractivity contribution in [2.45, 2.75) is 39.0 Å². The Hall–Kier alpha value is -1.35. The molecule has 0 saturated carbocycles. The van der Waals surface area contributed by atoms with Crippen molar-refractivity contribution in [1.29, 1.82) is 0 Å². The number of benzene rings is 1. The third-order valence-electron chi connectivity index (χ3n) is 4.64. The van der Waals surface area contributed by atoms with E-state index in [-0.39, 0.29) is 5.41 Å². The Morgan fingerprint density at radius 2 is 2.16 bits per heavy atom. The SMILES string of the molecule is Cc1cccc2[nH]c(C(C)(C)C3CCCNC3)nc12. The van der Waals surface area contributed by atoms with E-state index in [4.69, 9.17) is 4.98 Å². The normalized spacial score (nSPS) is 20.9. The maximum absolute atomic E-state index is 4.88. The summed E-state index contributed by atoms with van der Waals surface area (Å²) in [4.78, 5) is 8.41. The Kier molecular flexibility index (Phi) is 3.09.